The number of amides is 1. The van der Waals surface area contributed by atoms with Crippen molar-refractivity contribution in [2.24, 2.45) is 5.41 Å². The number of aliphatic hydroxyl groups excluding tert-OH is 3. The molecule has 76 valence electrons. The van der Waals surface area contributed by atoms with Crippen LogP contribution in [0.15, 0.2) is 0 Å². The van der Waals surface area contributed by atoms with E-state index in [9.17, 15) is 9.90 Å². The molecule has 1 heterocycles. The number of aliphatic hydroxyl groups is 3. The van der Waals surface area contributed by atoms with Crippen LogP contribution in [-0.4, -0.2) is 63.8 Å². The Morgan fingerprint density at radius 3 is 2.31 bits per heavy atom. The molecule has 6 nitrogen and oxygen atoms in total. The Hall–Kier alpha value is -0.850. The molecule has 1 amide bonds. The first-order valence-corrected chi connectivity index (χ1v) is 3.93. The van der Waals surface area contributed by atoms with E-state index in [1.54, 1.807) is 0 Å². The Morgan fingerprint density at radius 2 is 2.00 bits per heavy atom. The number of nitrogens with zero attached hydrogens (tertiary/aromatic N) is 1. The fourth-order valence-electron chi connectivity index (χ4n) is 1.46. The smallest absolute Gasteiger partial charge is 0.407 e. The first-order chi connectivity index (χ1) is 6.05. The van der Waals surface area contributed by atoms with Crippen LogP contribution in [0.3, 0.4) is 0 Å². The number of carbonyl (C=O) groups is 1. The number of rotatable bonds is 3. The number of likely N-dealkylation sites (tertiary alicyclic amines) is 1. The van der Waals surface area contributed by atoms with Gasteiger partial charge in [-0.1, -0.05) is 0 Å². The normalized spacial score (nSPS) is 22.2. The molecule has 0 radical (unpaired) electrons. The lowest BCUT2D eigenvalue weighted by molar-refractivity contribution is -0.122. The fourth-order valence-corrected chi connectivity index (χ4v) is 1.46. The summed E-state index contributed by atoms with van der Waals surface area (Å²) in [6.45, 7) is -0.645. The zero-order chi connectivity index (χ0) is 10.1. The van der Waals surface area contributed by atoms with E-state index >= 15 is 0 Å². The van der Waals surface area contributed by atoms with E-state index < -0.39 is 24.2 Å². The molecule has 0 bridgehead atoms. The second-order valence-electron chi connectivity index (χ2n) is 3.36. The van der Waals surface area contributed by atoms with Crippen LogP contribution < -0.4 is 0 Å². The first kappa shape index (κ1) is 10.2. The number of hydrogen-bond donors (Lipinski definition) is 4. The van der Waals surface area contributed by atoms with Crippen LogP contribution in [0.2, 0.25) is 0 Å². The zero-order valence-electron chi connectivity index (χ0n) is 7.05. The molecule has 1 unspecified atom stereocenters. The van der Waals surface area contributed by atoms with Crippen molar-refractivity contribution < 1.29 is 25.2 Å². The molecule has 0 aromatic carbocycles. The van der Waals surface area contributed by atoms with Crippen LogP contribution in [-0.2, 0) is 0 Å². The first-order valence-electron chi connectivity index (χ1n) is 3.93. The lowest BCUT2D eigenvalue weighted by atomic mass is 9.76. The van der Waals surface area contributed by atoms with E-state index in [1.165, 1.54) is 0 Å². The van der Waals surface area contributed by atoms with Gasteiger partial charge in [0.1, 0.15) is 0 Å². The average molecular weight is 191 g/mol. The van der Waals surface area contributed by atoms with Gasteiger partial charge >= 0.3 is 6.09 Å². The number of hydrogen-bond acceptors (Lipinski definition) is 4. The van der Waals surface area contributed by atoms with E-state index in [-0.39, 0.29) is 19.7 Å². The molecule has 1 saturated heterocycles. The van der Waals surface area contributed by atoms with Crippen LogP contribution in [0.25, 0.3) is 0 Å². The summed E-state index contributed by atoms with van der Waals surface area (Å²) in [7, 11) is 0. The summed E-state index contributed by atoms with van der Waals surface area (Å²) in [6.07, 6.45) is -2.14. The van der Waals surface area contributed by atoms with Gasteiger partial charge in [-0.2, -0.15) is 0 Å². The van der Waals surface area contributed by atoms with E-state index in [1.807, 2.05) is 0 Å². The van der Waals surface area contributed by atoms with Crippen molar-refractivity contribution in [2.75, 3.05) is 26.3 Å². The third kappa shape index (κ3) is 1.60. The molecule has 1 aliphatic heterocycles. The molecule has 1 atom stereocenters. The summed E-state index contributed by atoms with van der Waals surface area (Å²) in [5.41, 5.74) is -0.868. The van der Waals surface area contributed by atoms with E-state index in [0.29, 0.717) is 0 Å². The third-order valence-electron chi connectivity index (χ3n) is 2.48. The molecule has 0 aromatic heterocycles. The Labute approximate surface area is 75.0 Å². The Balaban J connectivity index is 2.54. The number of carboxylic acid groups (broad SMARTS) is 1. The Bertz CT molecular complexity index is 201. The summed E-state index contributed by atoms with van der Waals surface area (Å²) in [5.74, 6) is 0. The van der Waals surface area contributed by atoms with E-state index in [0.717, 1.165) is 4.90 Å². The largest absolute Gasteiger partial charge is 0.465 e. The fraction of sp³-hybridized carbons (Fsp3) is 0.857. The van der Waals surface area contributed by atoms with Crippen LogP contribution >= 0.6 is 0 Å². The summed E-state index contributed by atoms with van der Waals surface area (Å²) < 4.78 is 0. The predicted octanol–water partition coefficient (Wildman–Crippen LogP) is -1.69. The standard InChI is InChI=1S/C7H13NO5/c9-1-5(11)7(4-10)2-8(3-7)6(12)13/h5,9-11H,1-4H2,(H,12,13). The van der Waals surface area contributed by atoms with Crippen LogP contribution in [0.1, 0.15) is 0 Å². The van der Waals surface area contributed by atoms with Gasteiger partial charge < -0.3 is 25.3 Å². The Morgan fingerprint density at radius 1 is 1.46 bits per heavy atom. The highest BCUT2D eigenvalue weighted by Crippen LogP contribution is 2.33. The molecule has 0 spiro atoms. The maximum atomic E-state index is 10.4. The lowest BCUT2D eigenvalue weighted by Crippen LogP contribution is -2.65. The van der Waals surface area contributed by atoms with Gasteiger partial charge in [0.05, 0.1) is 24.7 Å². The molecular weight excluding hydrogens is 178 g/mol. The average Bonchev–Trinajstić information content (AvgIpc) is 2.02. The molecule has 0 aromatic rings. The minimum absolute atomic E-state index is 0.0700. The lowest BCUT2D eigenvalue weighted by Gasteiger charge is -2.49. The van der Waals surface area contributed by atoms with Gasteiger partial charge in [0, 0.05) is 13.1 Å². The quantitative estimate of drug-likeness (QED) is 0.426. The highest BCUT2D eigenvalue weighted by atomic mass is 16.4. The molecule has 1 rings (SSSR count). The van der Waals surface area contributed by atoms with Crippen LogP contribution in [0, 0.1) is 5.41 Å². The molecule has 4 N–H and O–H groups in total. The van der Waals surface area contributed by atoms with Crippen molar-refractivity contribution >= 4 is 6.09 Å². The zero-order valence-corrected chi connectivity index (χ0v) is 7.05. The molecule has 6 heteroatoms. The van der Waals surface area contributed by atoms with Crippen molar-refractivity contribution in [2.45, 2.75) is 6.10 Å². The van der Waals surface area contributed by atoms with Gasteiger partial charge in [-0.3, -0.25) is 0 Å². The highest BCUT2D eigenvalue weighted by Gasteiger charge is 2.49. The molecule has 1 aliphatic rings. The minimum atomic E-state index is -1.07. The predicted molar refractivity (Wildman–Crippen MR) is 42.2 cm³/mol. The monoisotopic (exact) mass is 191 g/mol. The summed E-state index contributed by atoms with van der Waals surface area (Å²) in [6, 6.07) is 0. The molecular formula is C7H13NO5. The van der Waals surface area contributed by atoms with Gasteiger partial charge in [-0.15, -0.1) is 0 Å². The third-order valence-corrected chi connectivity index (χ3v) is 2.48. The minimum Gasteiger partial charge on any atom is -0.465 e. The summed E-state index contributed by atoms with van der Waals surface area (Å²) >= 11 is 0. The van der Waals surface area contributed by atoms with E-state index in [4.69, 9.17) is 15.3 Å². The van der Waals surface area contributed by atoms with Crippen LogP contribution in [0.5, 0.6) is 0 Å². The van der Waals surface area contributed by atoms with Crippen molar-refractivity contribution in [3.63, 3.8) is 0 Å². The van der Waals surface area contributed by atoms with Gasteiger partial charge in [0.15, 0.2) is 0 Å². The second-order valence-corrected chi connectivity index (χ2v) is 3.36. The van der Waals surface area contributed by atoms with Gasteiger partial charge in [0.25, 0.3) is 0 Å². The van der Waals surface area contributed by atoms with Crippen molar-refractivity contribution in [1.29, 1.82) is 0 Å². The summed E-state index contributed by atoms with van der Waals surface area (Å²) in [5, 5.41) is 35.4. The van der Waals surface area contributed by atoms with Gasteiger partial charge in [0.2, 0.25) is 0 Å². The van der Waals surface area contributed by atoms with E-state index in [2.05, 4.69) is 0 Å². The maximum Gasteiger partial charge on any atom is 0.407 e. The second kappa shape index (κ2) is 3.49. The van der Waals surface area contributed by atoms with Crippen molar-refractivity contribution in [3.8, 4) is 0 Å². The van der Waals surface area contributed by atoms with Crippen molar-refractivity contribution in [3.05, 3.63) is 0 Å². The topological polar surface area (TPSA) is 101 Å². The molecule has 0 aliphatic carbocycles. The SMILES string of the molecule is O=C(O)N1CC(CO)(C(O)CO)C1. The molecule has 0 saturated carbocycles. The maximum absolute atomic E-state index is 10.4. The van der Waals surface area contributed by atoms with Gasteiger partial charge in [-0.25, -0.2) is 4.79 Å². The highest BCUT2D eigenvalue weighted by molar-refractivity contribution is 5.66. The molecule has 1 fully saturated rings. The van der Waals surface area contributed by atoms with Gasteiger partial charge in [-0.05, 0) is 0 Å². The van der Waals surface area contributed by atoms with Crippen molar-refractivity contribution in [1.82, 2.24) is 4.90 Å². The summed E-state index contributed by atoms with van der Waals surface area (Å²) in [4.78, 5) is 11.5. The molecule has 13 heavy (non-hydrogen) atoms. The Kier molecular flexibility index (Phi) is 2.74. The van der Waals surface area contributed by atoms with Crippen LogP contribution in [0.4, 0.5) is 4.79 Å².